The first-order valence-electron chi connectivity index (χ1n) is 8.65. The summed E-state index contributed by atoms with van der Waals surface area (Å²) in [6.45, 7) is 2.18. The van der Waals surface area contributed by atoms with Gasteiger partial charge < -0.3 is 4.98 Å². The Hall–Kier alpha value is -2.47. The molecule has 0 aliphatic carbocycles. The minimum absolute atomic E-state index is 0.0152. The van der Waals surface area contributed by atoms with E-state index in [-0.39, 0.29) is 5.43 Å². The molecule has 0 saturated heterocycles. The zero-order chi connectivity index (χ0) is 17.6. The summed E-state index contributed by atoms with van der Waals surface area (Å²) < 4.78 is 2.26. The Morgan fingerprint density at radius 3 is 2.68 bits per heavy atom. The maximum absolute atomic E-state index is 12.9. The van der Waals surface area contributed by atoms with Crippen LogP contribution < -0.4 is 5.43 Å². The second kappa shape index (κ2) is 8.07. The number of H-pyrrole nitrogens is 2. The molecule has 0 unspecified atom stereocenters. The van der Waals surface area contributed by atoms with E-state index in [1.807, 2.05) is 30.3 Å². The van der Waals surface area contributed by atoms with Crippen molar-refractivity contribution < 1.29 is 0 Å². The molecule has 1 aromatic carbocycles. The number of para-hydroxylation sites is 1. The highest BCUT2D eigenvalue weighted by Crippen LogP contribution is 2.19. The van der Waals surface area contributed by atoms with E-state index in [0.717, 1.165) is 30.5 Å². The third kappa shape index (κ3) is 3.79. The monoisotopic (exact) mass is 354 g/mol. The molecule has 130 valence electrons. The standard InChI is InChI=1S/C19H22N4OS/c1-2-3-4-6-9-14-12-20-13-16(17(14)24)18-21-22-19(25)23(18)15-10-7-5-8-11-15/h5,7-8,10-13H,2-4,6,9H2,1H3,(H,20,24)(H,22,25). The summed E-state index contributed by atoms with van der Waals surface area (Å²) >= 11 is 5.36. The van der Waals surface area contributed by atoms with Crippen LogP contribution in [0, 0.1) is 4.77 Å². The molecular weight excluding hydrogens is 332 g/mol. The lowest BCUT2D eigenvalue weighted by atomic mass is 10.1. The Balaban J connectivity index is 1.99. The first-order chi connectivity index (χ1) is 12.2. The fraction of sp³-hybridized carbons (Fsp3) is 0.316. The largest absolute Gasteiger partial charge is 0.366 e. The lowest BCUT2D eigenvalue weighted by Gasteiger charge is -2.07. The molecule has 0 fully saturated rings. The van der Waals surface area contributed by atoms with Gasteiger partial charge in [0.15, 0.2) is 16.0 Å². The van der Waals surface area contributed by atoms with Crippen LogP contribution in [0.3, 0.4) is 0 Å². The van der Waals surface area contributed by atoms with Crippen molar-refractivity contribution in [1.82, 2.24) is 19.7 Å². The predicted octanol–water partition coefficient (Wildman–Crippen LogP) is 4.41. The molecule has 0 atom stereocenters. The number of rotatable bonds is 7. The van der Waals surface area contributed by atoms with E-state index in [0.29, 0.717) is 16.2 Å². The van der Waals surface area contributed by atoms with Crippen LogP contribution in [0.5, 0.6) is 0 Å². The Bertz CT molecular complexity index is 940. The number of aromatic nitrogens is 4. The maximum Gasteiger partial charge on any atom is 0.200 e. The third-order valence-electron chi connectivity index (χ3n) is 4.25. The predicted molar refractivity (Wildman–Crippen MR) is 103 cm³/mol. The Morgan fingerprint density at radius 2 is 1.92 bits per heavy atom. The number of pyridine rings is 1. The van der Waals surface area contributed by atoms with Gasteiger partial charge >= 0.3 is 0 Å². The molecule has 0 spiro atoms. The molecule has 2 N–H and O–H groups in total. The van der Waals surface area contributed by atoms with Crippen LogP contribution in [0.1, 0.15) is 38.2 Å². The number of aryl methyl sites for hydroxylation is 1. The average molecular weight is 354 g/mol. The van der Waals surface area contributed by atoms with Gasteiger partial charge in [0.2, 0.25) is 0 Å². The topological polar surface area (TPSA) is 66.5 Å². The quantitative estimate of drug-likeness (QED) is 0.488. The summed E-state index contributed by atoms with van der Waals surface area (Å²) in [6, 6.07) is 9.69. The lowest BCUT2D eigenvalue weighted by Crippen LogP contribution is -2.14. The Labute approximate surface area is 151 Å². The van der Waals surface area contributed by atoms with Crippen molar-refractivity contribution in [2.24, 2.45) is 0 Å². The van der Waals surface area contributed by atoms with Crippen LogP contribution in [-0.2, 0) is 6.42 Å². The first kappa shape index (κ1) is 17.4. The number of nitrogens with one attached hydrogen (secondary N) is 2. The van der Waals surface area contributed by atoms with Gasteiger partial charge in [-0.3, -0.25) is 14.5 Å². The second-order valence-electron chi connectivity index (χ2n) is 6.06. The number of aromatic amines is 2. The summed E-state index contributed by atoms with van der Waals surface area (Å²) in [5.41, 5.74) is 2.22. The van der Waals surface area contributed by atoms with Gasteiger partial charge in [-0.05, 0) is 37.2 Å². The van der Waals surface area contributed by atoms with Crippen molar-refractivity contribution >= 4 is 12.2 Å². The number of benzene rings is 1. The minimum Gasteiger partial charge on any atom is -0.366 e. The minimum atomic E-state index is 0.0152. The van der Waals surface area contributed by atoms with Crippen LogP contribution >= 0.6 is 12.2 Å². The number of hydrogen-bond acceptors (Lipinski definition) is 3. The highest BCUT2D eigenvalue weighted by atomic mass is 32.1. The molecule has 3 rings (SSSR count). The number of hydrogen-bond donors (Lipinski definition) is 2. The summed E-state index contributed by atoms with van der Waals surface area (Å²) in [7, 11) is 0. The van der Waals surface area contributed by atoms with E-state index in [4.69, 9.17) is 12.2 Å². The van der Waals surface area contributed by atoms with Crippen LogP contribution in [-0.4, -0.2) is 19.7 Å². The second-order valence-corrected chi connectivity index (χ2v) is 6.44. The number of nitrogens with zero attached hydrogens (tertiary/aromatic N) is 2. The van der Waals surface area contributed by atoms with E-state index < -0.39 is 0 Å². The fourth-order valence-electron chi connectivity index (χ4n) is 2.92. The zero-order valence-corrected chi connectivity index (χ0v) is 15.1. The van der Waals surface area contributed by atoms with Gasteiger partial charge in [0.25, 0.3) is 0 Å². The molecule has 0 aliphatic rings. The molecule has 0 aliphatic heterocycles. The van der Waals surface area contributed by atoms with Gasteiger partial charge in [-0.2, -0.15) is 5.10 Å². The molecule has 3 aromatic rings. The molecular formula is C19H22N4OS. The van der Waals surface area contributed by atoms with E-state index in [2.05, 4.69) is 22.1 Å². The smallest absolute Gasteiger partial charge is 0.200 e. The van der Waals surface area contributed by atoms with Crippen molar-refractivity contribution in [3.8, 4) is 17.1 Å². The van der Waals surface area contributed by atoms with Crippen LogP contribution in [0.4, 0.5) is 0 Å². The van der Waals surface area contributed by atoms with E-state index in [9.17, 15) is 4.79 Å². The fourth-order valence-corrected chi connectivity index (χ4v) is 3.16. The summed E-state index contributed by atoms with van der Waals surface area (Å²) in [5, 5.41) is 7.10. The summed E-state index contributed by atoms with van der Waals surface area (Å²) in [5.74, 6) is 0.535. The number of unbranched alkanes of at least 4 members (excludes halogenated alkanes) is 3. The SMILES string of the molecule is CCCCCCc1c[nH]cc(-c2n[nH]c(=S)n2-c2ccccc2)c1=O. The lowest BCUT2D eigenvalue weighted by molar-refractivity contribution is 0.665. The van der Waals surface area contributed by atoms with Crippen LogP contribution in [0.15, 0.2) is 47.5 Å². The molecule has 5 nitrogen and oxygen atoms in total. The maximum atomic E-state index is 12.9. The van der Waals surface area contributed by atoms with Gasteiger partial charge in [0.1, 0.15) is 0 Å². The van der Waals surface area contributed by atoms with Crippen LogP contribution in [0.25, 0.3) is 17.1 Å². The van der Waals surface area contributed by atoms with E-state index in [1.54, 1.807) is 17.0 Å². The van der Waals surface area contributed by atoms with Gasteiger partial charge in [-0.25, -0.2) is 0 Å². The first-order valence-corrected chi connectivity index (χ1v) is 9.06. The van der Waals surface area contributed by atoms with Gasteiger partial charge in [-0.15, -0.1) is 0 Å². The molecule has 0 radical (unpaired) electrons. The zero-order valence-electron chi connectivity index (χ0n) is 14.3. The van der Waals surface area contributed by atoms with Crippen molar-refractivity contribution in [1.29, 1.82) is 0 Å². The summed E-state index contributed by atoms with van der Waals surface area (Å²) in [6.07, 6.45) is 8.81. The Morgan fingerprint density at radius 1 is 1.12 bits per heavy atom. The highest BCUT2D eigenvalue weighted by Gasteiger charge is 2.15. The van der Waals surface area contributed by atoms with Crippen molar-refractivity contribution in [2.75, 3.05) is 0 Å². The molecule has 0 saturated carbocycles. The molecule has 25 heavy (non-hydrogen) atoms. The van der Waals surface area contributed by atoms with Crippen LogP contribution in [0.2, 0.25) is 0 Å². The van der Waals surface area contributed by atoms with Gasteiger partial charge in [0, 0.05) is 23.6 Å². The molecule has 2 aromatic heterocycles. The normalized spacial score (nSPS) is 10.9. The third-order valence-corrected chi connectivity index (χ3v) is 4.52. The van der Waals surface area contributed by atoms with Crippen molar-refractivity contribution in [3.63, 3.8) is 0 Å². The molecule has 0 amide bonds. The Kier molecular flexibility index (Phi) is 5.60. The van der Waals surface area contributed by atoms with E-state index >= 15 is 0 Å². The average Bonchev–Trinajstić information content (AvgIpc) is 3.02. The van der Waals surface area contributed by atoms with Gasteiger partial charge in [-0.1, -0.05) is 44.4 Å². The van der Waals surface area contributed by atoms with E-state index in [1.165, 1.54) is 12.8 Å². The van der Waals surface area contributed by atoms with Crippen molar-refractivity contribution in [3.05, 3.63) is 63.3 Å². The van der Waals surface area contributed by atoms with Gasteiger partial charge in [0.05, 0.1) is 5.56 Å². The summed E-state index contributed by atoms with van der Waals surface area (Å²) in [4.78, 5) is 16.0. The highest BCUT2D eigenvalue weighted by molar-refractivity contribution is 7.71. The molecule has 6 heteroatoms. The molecule has 2 heterocycles. The molecule has 0 bridgehead atoms. The van der Waals surface area contributed by atoms with Crippen molar-refractivity contribution in [2.45, 2.75) is 39.0 Å².